The van der Waals surface area contributed by atoms with Crippen molar-refractivity contribution in [1.82, 2.24) is 19.2 Å². The minimum atomic E-state index is -3.55. The topological polar surface area (TPSA) is 84.9 Å². The van der Waals surface area contributed by atoms with Crippen molar-refractivity contribution in [3.05, 3.63) is 54.4 Å². The van der Waals surface area contributed by atoms with Crippen LogP contribution in [0.2, 0.25) is 0 Å². The molecule has 1 atom stereocenters. The number of hydrogen-bond acceptors (Lipinski definition) is 7. The molecule has 1 aromatic heterocycles. The summed E-state index contributed by atoms with van der Waals surface area (Å²) in [6.07, 6.45) is 0.952. The van der Waals surface area contributed by atoms with Crippen molar-refractivity contribution in [2.75, 3.05) is 39.9 Å². The lowest BCUT2D eigenvalue weighted by molar-refractivity contribution is 0.140. The van der Waals surface area contributed by atoms with Crippen LogP contribution in [0.3, 0.4) is 0 Å². The van der Waals surface area contributed by atoms with Crippen LogP contribution >= 0.6 is 0 Å². The van der Waals surface area contributed by atoms with Crippen molar-refractivity contribution < 1.29 is 17.9 Å². The zero-order valence-electron chi connectivity index (χ0n) is 20.8. The molecule has 0 amide bonds. The Bertz CT molecular complexity index is 1240. The second-order valence-electron chi connectivity index (χ2n) is 9.23. The van der Waals surface area contributed by atoms with Gasteiger partial charge in [-0.15, -0.1) is 0 Å². The minimum absolute atomic E-state index is 0.0714. The van der Waals surface area contributed by atoms with Gasteiger partial charge in [0, 0.05) is 26.2 Å². The van der Waals surface area contributed by atoms with Gasteiger partial charge in [0.2, 0.25) is 15.9 Å². The number of fused-ring (bicyclic) bond motifs is 1. The van der Waals surface area contributed by atoms with Crippen LogP contribution in [0.5, 0.6) is 11.6 Å². The highest BCUT2D eigenvalue weighted by atomic mass is 32.2. The normalized spacial score (nSPS) is 16.5. The van der Waals surface area contributed by atoms with Crippen molar-refractivity contribution >= 4 is 20.9 Å². The number of aromatic nitrogens is 2. The van der Waals surface area contributed by atoms with Gasteiger partial charge in [-0.05, 0) is 55.7 Å². The molecule has 0 radical (unpaired) electrons. The molecule has 2 aromatic carbocycles. The van der Waals surface area contributed by atoms with Gasteiger partial charge in [-0.25, -0.2) is 13.4 Å². The maximum atomic E-state index is 13.1. The third kappa shape index (κ3) is 5.74. The number of rotatable bonds is 9. The largest absolute Gasteiger partial charge is 0.497 e. The van der Waals surface area contributed by atoms with Crippen LogP contribution in [0.4, 0.5) is 0 Å². The number of hydrogen-bond donors (Lipinski definition) is 0. The standard InChI is InChI=1S/C26H34N4O4S/c1-19(2)13-18-34-26-23-7-5-6-8-24(23)27-25(28-26)20(3)29-14-16-30(17-15-29)35(31,32)22-11-9-21(33-4)10-12-22/h5-12,19-20H,13-18H2,1-4H3. The van der Waals surface area contributed by atoms with Crippen molar-refractivity contribution in [2.45, 2.75) is 38.1 Å². The van der Waals surface area contributed by atoms with Crippen molar-refractivity contribution in [3.63, 3.8) is 0 Å². The lowest BCUT2D eigenvalue weighted by atomic mass is 10.1. The van der Waals surface area contributed by atoms with E-state index in [-0.39, 0.29) is 10.9 Å². The summed E-state index contributed by atoms with van der Waals surface area (Å²) in [4.78, 5) is 12.1. The fourth-order valence-corrected chi connectivity index (χ4v) is 5.57. The Hall–Kier alpha value is -2.75. The molecule has 1 saturated heterocycles. The summed E-state index contributed by atoms with van der Waals surface area (Å²) in [6, 6.07) is 14.3. The van der Waals surface area contributed by atoms with Gasteiger partial charge in [-0.2, -0.15) is 9.29 Å². The zero-order valence-corrected chi connectivity index (χ0v) is 21.7. The van der Waals surface area contributed by atoms with Crippen LogP contribution in [-0.2, 0) is 10.0 Å². The fraction of sp³-hybridized carbons (Fsp3) is 0.462. The van der Waals surface area contributed by atoms with E-state index in [2.05, 4.69) is 25.7 Å². The fourth-order valence-electron chi connectivity index (χ4n) is 4.14. The maximum Gasteiger partial charge on any atom is 0.243 e. The van der Waals surface area contributed by atoms with E-state index in [0.29, 0.717) is 56.2 Å². The molecular formula is C26H34N4O4S. The van der Waals surface area contributed by atoms with Crippen LogP contribution in [-0.4, -0.2) is 67.5 Å². The van der Waals surface area contributed by atoms with E-state index in [1.54, 1.807) is 35.7 Å². The van der Waals surface area contributed by atoms with Gasteiger partial charge in [-0.1, -0.05) is 26.0 Å². The number of para-hydroxylation sites is 1. The van der Waals surface area contributed by atoms with Crippen molar-refractivity contribution in [1.29, 1.82) is 0 Å². The first kappa shape index (κ1) is 25.3. The van der Waals surface area contributed by atoms with Crippen LogP contribution < -0.4 is 9.47 Å². The van der Waals surface area contributed by atoms with E-state index in [4.69, 9.17) is 19.4 Å². The summed E-state index contributed by atoms with van der Waals surface area (Å²) < 4.78 is 38.9. The van der Waals surface area contributed by atoms with Gasteiger partial charge < -0.3 is 9.47 Å². The number of nitrogens with zero attached hydrogens (tertiary/aromatic N) is 4. The summed E-state index contributed by atoms with van der Waals surface area (Å²) in [6.45, 7) is 9.01. The maximum absolute atomic E-state index is 13.1. The lowest BCUT2D eigenvalue weighted by Crippen LogP contribution is -2.49. The van der Waals surface area contributed by atoms with E-state index < -0.39 is 10.0 Å². The molecule has 3 aromatic rings. The average Bonchev–Trinajstić information content (AvgIpc) is 2.88. The highest BCUT2D eigenvalue weighted by molar-refractivity contribution is 7.89. The Labute approximate surface area is 207 Å². The molecule has 1 aliphatic heterocycles. The first-order valence-electron chi connectivity index (χ1n) is 12.1. The predicted molar refractivity (Wildman–Crippen MR) is 136 cm³/mol. The van der Waals surface area contributed by atoms with Gasteiger partial charge >= 0.3 is 0 Å². The molecule has 8 nitrogen and oxygen atoms in total. The molecule has 1 aliphatic rings. The molecule has 1 fully saturated rings. The van der Waals surface area contributed by atoms with Crippen molar-refractivity contribution in [2.24, 2.45) is 5.92 Å². The van der Waals surface area contributed by atoms with E-state index in [1.165, 1.54) is 0 Å². The molecule has 4 rings (SSSR count). The summed E-state index contributed by atoms with van der Waals surface area (Å²) in [7, 11) is -1.99. The molecule has 0 saturated carbocycles. The Morgan fingerprint density at radius 3 is 2.29 bits per heavy atom. The molecule has 0 N–H and O–H groups in total. The van der Waals surface area contributed by atoms with Gasteiger partial charge in [0.25, 0.3) is 0 Å². The Kier molecular flexibility index (Phi) is 7.88. The first-order valence-corrected chi connectivity index (χ1v) is 13.5. The van der Waals surface area contributed by atoms with E-state index in [1.807, 2.05) is 24.3 Å². The second-order valence-corrected chi connectivity index (χ2v) is 11.2. The zero-order chi connectivity index (χ0) is 25.0. The molecule has 0 aliphatic carbocycles. The molecule has 9 heteroatoms. The number of sulfonamides is 1. The quantitative estimate of drug-likeness (QED) is 0.438. The Morgan fingerprint density at radius 2 is 1.63 bits per heavy atom. The van der Waals surface area contributed by atoms with Crippen LogP contribution in [0.25, 0.3) is 10.9 Å². The number of piperazine rings is 1. The summed E-state index contributed by atoms with van der Waals surface area (Å²) >= 11 is 0. The number of benzene rings is 2. The summed E-state index contributed by atoms with van der Waals surface area (Å²) in [5, 5.41) is 0.905. The van der Waals surface area contributed by atoms with Gasteiger partial charge in [0.15, 0.2) is 0 Å². The summed E-state index contributed by atoms with van der Waals surface area (Å²) in [5.74, 6) is 2.48. The van der Waals surface area contributed by atoms with E-state index in [9.17, 15) is 8.42 Å². The Morgan fingerprint density at radius 1 is 0.943 bits per heavy atom. The molecular weight excluding hydrogens is 464 g/mol. The molecule has 0 spiro atoms. The van der Waals surface area contributed by atoms with Crippen LogP contribution in [0.1, 0.15) is 39.1 Å². The minimum Gasteiger partial charge on any atom is -0.497 e. The third-order valence-electron chi connectivity index (χ3n) is 6.41. The lowest BCUT2D eigenvalue weighted by Gasteiger charge is -2.36. The molecule has 35 heavy (non-hydrogen) atoms. The number of ether oxygens (including phenoxy) is 2. The van der Waals surface area contributed by atoms with Crippen molar-refractivity contribution in [3.8, 4) is 11.6 Å². The first-order chi connectivity index (χ1) is 16.8. The van der Waals surface area contributed by atoms with E-state index in [0.717, 1.165) is 17.3 Å². The molecule has 2 heterocycles. The average molecular weight is 499 g/mol. The SMILES string of the molecule is COc1ccc(S(=O)(=O)N2CCN(C(C)c3nc(OCCC(C)C)c4ccccc4n3)CC2)cc1. The third-order valence-corrected chi connectivity index (χ3v) is 8.32. The van der Waals surface area contributed by atoms with Crippen LogP contribution in [0.15, 0.2) is 53.4 Å². The monoisotopic (exact) mass is 498 g/mol. The molecule has 0 bridgehead atoms. The van der Waals surface area contributed by atoms with Crippen LogP contribution in [0, 0.1) is 5.92 Å². The van der Waals surface area contributed by atoms with Gasteiger partial charge in [0.1, 0.15) is 11.6 Å². The highest BCUT2D eigenvalue weighted by Crippen LogP contribution is 2.28. The van der Waals surface area contributed by atoms with E-state index >= 15 is 0 Å². The predicted octanol–water partition coefficient (Wildman–Crippen LogP) is 4.13. The Balaban J connectivity index is 1.47. The second kappa shape index (κ2) is 10.9. The van der Waals surface area contributed by atoms with Gasteiger partial charge in [0.05, 0.1) is 35.6 Å². The number of methoxy groups -OCH3 is 1. The smallest absolute Gasteiger partial charge is 0.243 e. The summed E-state index contributed by atoms with van der Waals surface area (Å²) in [5.41, 5.74) is 0.851. The molecule has 1 unspecified atom stereocenters. The van der Waals surface area contributed by atoms with Gasteiger partial charge in [-0.3, -0.25) is 4.90 Å². The highest BCUT2D eigenvalue weighted by Gasteiger charge is 2.31. The molecule has 188 valence electrons.